The molecule has 0 bridgehead atoms. The molecule has 6 nitrogen and oxygen atoms in total. The summed E-state index contributed by atoms with van der Waals surface area (Å²) in [6.45, 7) is 7.37. The van der Waals surface area contributed by atoms with Crippen LogP contribution in [0.15, 0.2) is 42.5 Å². The van der Waals surface area contributed by atoms with E-state index >= 15 is 0 Å². The van der Waals surface area contributed by atoms with Crippen molar-refractivity contribution in [1.82, 2.24) is 5.32 Å². The Hall–Kier alpha value is -2.54. The van der Waals surface area contributed by atoms with Crippen molar-refractivity contribution in [3.63, 3.8) is 0 Å². The SMILES string of the molecule is CCOc1ccc(CCCNC(=O)CCCN(c2cc(C)cc(C)c2)S(C)(=O)=O)cc1. The van der Waals surface area contributed by atoms with E-state index in [1.54, 1.807) is 0 Å². The van der Waals surface area contributed by atoms with Gasteiger partial charge >= 0.3 is 0 Å². The van der Waals surface area contributed by atoms with Gasteiger partial charge in [0.15, 0.2) is 0 Å². The molecule has 0 aromatic heterocycles. The number of amides is 1. The van der Waals surface area contributed by atoms with E-state index in [1.165, 1.54) is 16.1 Å². The second-order valence-corrected chi connectivity index (χ2v) is 9.72. The number of benzene rings is 2. The highest BCUT2D eigenvalue weighted by atomic mass is 32.2. The van der Waals surface area contributed by atoms with E-state index < -0.39 is 10.0 Å². The lowest BCUT2D eigenvalue weighted by Gasteiger charge is -2.23. The summed E-state index contributed by atoms with van der Waals surface area (Å²) in [6, 6.07) is 13.7. The predicted molar refractivity (Wildman–Crippen MR) is 126 cm³/mol. The maximum absolute atomic E-state index is 12.3. The fourth-order valence-corrected chi connectivity index (χ4v) is 4.44. The maximum Gasteiger partial charge on any atom is 0.232 e. The van der Waals surface area contributed by atoms with Gasteiger partial charge in [-0.2, -0.15) is 0 Å². The molecule has 1 amide bonds. The first-order chi connectivity index (χ1) is 14.7. The Kier molecular flexibility index (Phi) is 9.37. The van der Waals surface area contributed by atoms with Crippen molar-refractivity contribution in [2.45, 2.75) is 46.5 Å². The summed E-state index contributed by atoms with van der Waals surface area (Å²) in [4.78, 5) is 12.2. The summed E-state index contributed by atoms with van der Waals surface area (Å²) in [5.41, 5.74) is 3.87. The average Bonchev–Trinajstić information content (AvgIpc) is 2.68. The highest BCUT2D eigenvalue weighted by Crippen LogP contribution is 2.22. The normalized spacial score (nSPS) is 11.2. The first-order valence-electron chi connectivity index (χ1n) is 10.7. The number of aryl methyl sites for hydroxylation is 3. The summed E-state index contributed by atoms with van der Waals surface area (Å²) in [5, 5.41) is 2.92. The van der Waals surface area contributed by atoms with Crippen molar-refractivity contribution in [2.24, 2.45) is 0 Å². The van der Waals surface area contributed by atoms with Crippen LogP contribution in [0.4, 0.5) is 5.69 Å². The van der Waals surface area contributed by atoms with Crippen LogP contribution in [0.1, 0.15) is 42.9 Å². The molecule has 0 aliphatic rings. The zero-order valence-electron chi connectivity index (χ0n) is 19.0. The fourth-order valence-electron chi connectivity index (χ4n) is 3.49. The summed E-state index contributed by atoms with van der Waals surface area (Å²) in [5.74, 6) is 0.809. The number of ether oxygens (including phenoxy) is 1. The van der Waals surface area contributed by atoms with Gasteiger partial charge in [0.25, 0.3) is 0 Å². The topological polar surface area (TPSA) is 75.7 Å². The molecule has 1 N–H and O–H groups in total. The summed E-state index contributed by atoms with van der Waals surface area (Å²) in [6.07, 6.45) is 3.68. The van der Waals surface area contributed by atoms with Gasteiger partial charge in [0.05, 0.1) is 18.6 Å². The first kappa shape index (κ1) is 24.7. The van der Waals surface area contributed by atoms with Gasteiger partial charge in [-0.15, -0.1) is 0 Å². The van der Waals surface area contributed by atoms with Gasteiger partial charge < -0.3 is 10.1 Å². The van der Waals surface area contributed by atoms with Crippen LogP contribution in [0.3, 0.4) is 0 Å². The summed E-state index contributed by atoms with van der Waals surface area (Å²) in [7, 11) is -3.42. The molecular formula is C24H34N2O4S. The minimum atomic E-state index is -3.42. The van der Waals surface area contributed by atoms with Gasteiger partial charge in [0.2, 0.25) is 15.9 Å². The number of nitrogens with one attached hydrogen (secondary N) is 1. The van der Waals surface area contributed by atoms with Crippen molar-refractivity contribution >= 4 is 21.6 Å². The van der Waals surface area contributed by atoms with Crippen LogP contribution in [-0.4, -0.2) is 40.3 Å². The number of anilines is 1. The minimum absolute atomic E-state index is 0.0550. The summed E-state index contributed by atoms with van der Waals surface area (Å²) >= 11 is 0. The molecule has 2 aromatic carbocycles. The van der Waals surface area contributed by atoms with Crippen LogP contribution in [0.2, 0.25) is 0 Å². The second-order valence-electron chi connectivity index (χ2n) is 7.82. The molecule has 31 heavy (non-hydrogen) atoms. The smallest absolute Gasteiger partial charge is 0.232 e. The largest absolute Gasteiger partial charge is 0.494 e. The zero-order valence-corrected chi connectivity index (χ0v) is 19.8. The molecule has 0 unspecified atom stereocenters. The van der Waals surface area contributed by atoms with Crippen LogP contribution in [0.25, 0.3) is 0 Å². The Morgan fingerprint density at radius 2 is 1.68 bits per heavy atom. The highest BCUT2D eigenvalue weighted by molar-refractivity contribution is 7.92. The van der Waals surface area contributed by atoms with Crippen molar-refractivity contribution < 1.29 is 17.9 Å². The van der Waals surface area contributed by atoms with Crippen LogP contribution in [0, 0.1) is 13.8 Å². The van der Waals surface area contributed by atoms with Crippen LogP contribution < -0.4 is 14.4 Å². The molecule has 2 aromatic rings. The number of sulfonamides is 1. The van der Waals surface area contributed by atoms with Gasteiger partial charge in [-0.25, -0.2) is 8.42 Å². The first-order valence-corrected chi connectivity index (χ1v) is 12.6. The van der Waals surface area contributed by atoms with Gasteiger partial charge in [0, 0.05) is 19.5 Å². The number of carbonyl (C=O) groups excluding carboxylic acids is 1. The minimum Gasteiger partial charge on any atom is -0.494 e. The van der Waals surface area contributed by atoms with E-state index in [-0.39, 0.29) is 12.5 Å². The molecule has 0 fully saturated rings. The average molecular weight is 447 g/mol. The Morgan fingerprint density at radius 1 is 1.03 bits per heavy atom. The maximum atomic E-state index is 12.3. The third kappa shape index (κ3) is 8.61. The Morgan fingerprint density at radius 3 is 2.26 bits per heavy atom. The van der Waals surface area contributed by atoms with E-state index in [0.717, 1.165) is 29.7 Å². The zero-order chi connectivity index (χ0) is 22.9. The van der Waals surface area contributed by atoms with Crippen molar-refractivity contribution in [3.8, 4) is 5.75 Å². The molecule has 170 valence electrons. The van der Waals surface area contributed by atoms with Gasteiger partial charge in [0.1, 0.15) is 5.75 Å². The van der Waals surface area contributed by atoms with E-state index in [1.807, 2.05) is 63.2 Å². The molecule has 7 heteroatoms. The lowest BCUT2D eigenvalue weighted by molar-refractivity contribution is -0.121. The quantitative estimate of drug-likeness (QED) is 0.500. The van der Waals surface area contributed by atoms with Crippen LogP contribution in [0.5, 0.6) is 5.75 Å². The summed E-state index contributed by atoms with van der Waals surface area (Å²) < 4.78 is 31.3. The third-order valence-electron chi connectivity index (χ3n) is 4.86. The Balaban J connectivity index is 1.75. The second kappa shape index (κ2) is 11.7. The van der Waals surface area contributed by atoms with E-state index in [4.69, 9.17) is 4.74 Å². The fraction of sp³-hybridized carbons (Fsp3) is 0.458. The Bertz CT molecular complexity index is 936. The number of rotatable bonds is 12. The molecule has 0 aliphatic heterocycles. The molecule has 0 atom stereocenters. The number of carbonyl (C=O) groups is 1. The highest BCUT2D eigenvalue weighted by Gasteiger charge is 2.18. The van der Waals surface area contributed by atoms with Crippen molar-refractivity contribution in [2.75, 3.05) is 30.3 Å². The molecule has 0 aliphatic carbocycles. The monoisotopic (exact) mass is 446 g/mol. The Labute approximate surface area is 186 Å². The van der Waals surface area contributed by atoms with E-state index in [9.17, 15) is 13.2 Å². The molecule has 2 rings (SSSR count). The lowest BCUT2D eigenvalue weighted by Crippen LogP contribution is -2.32. The molecule has 0 radical (unpaired) electrons. The standard InChI is InChI=1S/C24H34N2O4S/c1-5-30-23-12-10-21(11-13-23)8-6-14-25-24(27)9-7-15-26(31(4,28)29)22-17-19(2)16-20(3)18-22/h10-13,16-18H,5-9,14-15H2,1-4H3,(H,25,27). The van der Waals surface area contributed by atoms with Crippen molar-refractivity contribution in [1.29, 1.82) is 0 Å². The van der Waals surface area contributed by atoms with E-state index in [0.29, 0.717) is 31.7 Å². The van der Waals surface area contributed by atoms with E-state index in [2.05, 4.69) is 5.32 Å². The lowest BCUT2D eigenvalue weighted by atomic mass is 10.1. The van der Waals surface area contributed by atoms with Crippen LogP contribution in [-0.2, 0) is 21.2 Å². The van der Waals surface area contributed by atoms with Crippen LogP contribution >= 0.6 is 0 Å². The van der Waals surface area contributed by atoms with Crippen molar-refractivity contribution in [3.05, 3.63) is 59.2 Å². The number of hydrogen-bond acceptors (Lipinski definition) is 4. The molecule has 0 saturated heterocycles. The number of nitrogens with zero attached hydrogens (tertiary/aromatic N) is 1. The van der Waals surface area contributed by atoms with Gasteiger partial charge in [-0.1, -0.05) is 18.2 Å². The predicted octanol–water partition coefficient (Wildman–Crippen LogP) is 4.00. The number of hydrogen-bond donors (Lipinski definition) is 1. The molecule has 0 spiro atoms. The molecular weight excluding hydrogens is 412 g/mol. The van der Waals surface area contributed by atoms with Gasteiger partial charge in [-0.3, -0.25) is 9.10 Å². The third-order valence-corrected chi connectivity index (χ3v) is 6.05. The van der Waals surface area contributed by atoms with Gasteiger partial charge in [-0.05, 0) is 81.0 Å². The molecule has 0 saturated carbocycles. The molecule has 0 heterocycles.